The summed E-state index contributed by atoms with van der Waals surface area (Å²) in [6, 6.07) is 0. The molecule has 13 heavy (non-hydrogen) atoms. The zero-order valence-corrected chi connectivity index (χ0v) is 9.14. The average Bonchev–Trinajstić information content (AvgIpc) is 2.39. The van der Waals surface area contributed by atoms with Gasteiger partial charge in [0.2, 0.25) is 0 Å². The fourth-order valence-electron chi connectivity index (χ4n) is 2.42. The van der Waals surface area contributed by atoms with E-state index >= 15 is 0 Å². The largest absolute Gasteiger partial charge is 0.350 e. The molecule has 2 saturated heterocycles. The molecule has 0 saturated carbocycles. The van der Waals surface area contributed by atoms with E-state index in [0.29, 0.717) is 0 Å². The van der Waals surface area contributed by atoms with Crippen molar-refractivity contribution >= 4 is 0 Å². The Morgan fingerprint density at radius 1 is 1.08 bits per heavy atom. The Bertz CT molecular complexity index is 194. The summed E-state index contributed by atoms with van der Waals surface area (Å²) in [7, 11) is 0. The van der Waals surface area contributed by atoms with Gasteiger partial charge in [-0.2, -0.15) is 0 Å². The van der Waals surface area contributed by atoms with E-state index in [0.717, 1.165) is 25.9 Å². The van der Waals surface area contributed by atoms with E-state index in [1.54, 1.807) is 0 Å². The summed E-state index contributed by atoms with van der Waals surface area (Å²) >= 11 is 0. The van der Waals surface area contributed by atoms with Crippen molar-refractivity contribution in [3.63, 3.8) is 0 Å². The van der Waals surface area contributed by atoms with Crippen molar-refractivity contribution < 1.29 is 9.47 Å². The van der Waals surface area contributed by atoms with Crippen LogP contribution in [-0.2, 0) is 9.47 Å². The van der Waals surface area contributed by atoms with E-state index in [4.69, 9.17) is 9.47 Å². The molecule has 0 amide bonds. The van der Waals surface area contributed by atoms with Gasteiger partial charge >= 0.3 is 0 Å². The van der Waals surface area contributed by atoms with Gasteiger partial charge in [0, 0.05) is 12.8 Å². The molecular formula is C11H20O2. The fraction of sp³-hybridized carbons (Fsp3) is 1.00. The molecular weight excluding hydrogens is 164 g/mol. The van der Waals surface area contributed by atoms with Crippen molar-refractivity contribution in [1.82, 2.24) is 0 Å². The smallest absolute Gasteiger partial charge is 0.169 e. The van der Waals surface area contributed by atoms with Crippen molar-refractivity contribution in [1.29, 1.82) is 0 Å². The molecule has 2 aliphatic heterocycles. The number of hydrogen-bond acceptors (Lipinski definition) is 2. The van der Waals surface area contributed by atoms with Crippen molar-refractivity contribution in [2.75, 3.05) is 6.61 Å². The van der Waals surface area contributed by atoms with Crippen LogP contribution in [0.4, 0.5) is 0 Å². The SMILES string of the molecule is CC1(C)CC2(CCCO2)OC1(C)C. The number of rotatable bonds is 0. The lowest BCUT2D eigenvalue weighted by Gasteiger charge is -2.32. The lowest BCUT2D eigenvalue weighted by Crippen LogP contribution is -2.35. The van der Waals surface area contributed by atoms with E-state index in [2.05, 4.69) is 27.7 Å². The summed E-state index contributed by atoms with van der Waals surface area (Å²) in [5, 5.41) is 0. The molecule has 0 N–H and O–H groups in total. The fourth-order valence-corrected chi connectivity index (χ4v) is 2.42. The van der Waals surface area contributed by atoms with Gasteiger partial charge in [0.25, 0.3) is 0 Å². The molecule has 1 spiro atoms. The van der Waals surface area contributed by atoms with Crippen LogP contribution in [0.15, 0.2) is 0 Å². The number of ether oxygens (including phenoxy) is 2. The second-order valence-electron chi connectivity index (χ2n) is 5.54. The molecule has 0 aromatic heterocycles. The molecule has 2 fully saturated rings. The lowest BCUT2D eigenvalue weighted by molar-refractivity contribution is -0.222. The molecule has 2 heterocycles. The van der Waals surface area contributed by atoms with E-state index < -0.39 is 0 Å². The first kappa shape index (κ1) is 9.47. The maximum atomic E-state index is 6.09. The molecule has 0 aromatic carbocycles. The Balaban J connectivity index is 2.23. The quantitative estimate of drug-likeness (QED) is 0.576. The molecule has 0 aliphatic carbocycles. The van der Waals surface area contributed by atoms with Gasteiger partial charge in [-0.1, -0.05) is 13.8 Å². The van der Waals surface area contributed by atoms with E-state index in [9.17, 15) is 0 Å². The molecule has 1 unspecified atom stereocenters. The van der Waals surface area contributed by atoms with Crippen molar-refractivity contribution in [2.45, 2.75) is 58.3 Å². The highest BCUT2D eigenvalue weighted by molar-refractivity contribution is 5.01. The summed E-state index contributed by atoms with van der Waals surface area (Å²) in [6.45, 7) is 9.74. The summed E-state index contributed by atoms with van der Waals surface area (Å²) in [5.74, 6) is -0.243. The van der Waals surface area contributed by atoms with Crippen molar-refractivity contribution in [2.24, 2.45) is 5.41 Å². The van der Waals surface area contributed by atoms with E-state index in [1.165, 1.54) is 0 Å². The molecule has 0 bridgehead atoms. The first-order valence-electron chi connectivity index (χ1n) is 5.21. The summed E-state index contributed by atoms with van der Waals surface area (Å²) in [6.07, 6.45) is 3.25. The van der Waals surface area contributed by atoms with Crippen molar-refractivity contribution in [3.05, 3.63) is 0 Å². The third-order valence-corrected chi connectivity index (χ3v) is 3.85. The van der Waals surface area contributed by atoms with Crippen LogP contribution >= 0.6 is 0 Å². The molecule has 2 aliphatic rings. The lowest BCUT2D eigenvalue weighted by atomic mass is 9.75. The Morgan fingerprint density at radius 2 is 1.77 bits per heavy atom. The molecule has 76 valence electrons. The van der Waals surface area contributed by atoms with Gasteiger partial charge in [0.05, 0.1) is 12.2 Å². The van der Waals surface area contributed by atoms with Gasteiger partial charge in [-0.25, -0.2) is 0 Å². The van der Waals surface area contributed by atoms with Crippen LogP contribution in [-0.4, -0.2) is 18.0 Å². The molecule has 1 atom stereocenters. The summed E-state index contributed by atoms with van der Waals surface area (Å²) in [5.41, 5.74) is 0.161. The van der Waals surface area contributed by atoms with Crippen molar-refractivity contribution in [3.8, 4) is 0 Å². The second kappa shape index (κ2) is 2.48. The first-order chi connectivity index (χ1) is 5.87. The Kier molecular flexibility index (Phi) is 1.81. The van der Waals surface area contributed by atoms with Crippen LogP contribution < -0.4 is 0 Å². The normalized spacial score (nSPS) is 41.5. The highest BCUT2D eigenvalue weighted by Crippen LogP contribution is 2.54. The second-order valence-corrected chi connectivity index (χ2v) is 5.54. The maximum absolute atomic E-state index is 6.09. The molecule has 2 nitrogen and oxygen atoms in total. The monoisotopic (exact) mass is 184 g/mol. The highest BCUT2D eigenvalue weighted by Gasteiger charge is 2.57. The zero-order chi connectivity index (χ0) is 9.74. The Morgan fingerprint density at radius 3 is 2.15 bits per heavy atom. The van der Waals surface area contributed by atoms with Gasteiger partial charge < -0.3 is 9.47 Å². The van der Waals surface area contributed by atoms with Crippen LogP contribution in [0.5, 0.6) is 0 Å². The predicted octanol–water partition coefficient (Wildman–Crippen LogP) is 2.72. The summed E-state index contributed by atoms with van der Waals surface area (Å²) < 4.78 is 11.8. The highest BCUT2D eigenvalue weighted by atomic mass is 16.7. The van der Waals surface area contributed by atoms with Gasteiger partial charge in [-0.15, -0.1) is 0 Å². The van der Waals surface area contributed by atoms with Gasteiger partial charge in [0.1, 0.15) is 0 Å². The third-order valence-electron chi connectivity index (χ3n) is 3.85. The zero-order valence-electron chi connectivity index (χ0n) is 9.14. The minimum Gasteiger partial charge on any atom is -0.350 e. The van der Waals surface area contributed by atoms with Crippen LogP contribution in [0.2, 0.25) is 0 Å². The maximum Gasteiger partial charge on any atom is 0.169 e. The van der Waals surface area contributed by atoms with E-state index in [-0.39, 0.29) is 16.8 Å². The number of hydrogen-bond donors (Lipinski definition) is 0. The minimum atomic E-state index is -0.243. The van der Waals surface area contributed by atoms with Gasteiger partial charge in [-0.3, -0.25) is 0 Å². The molecule has 0 aromatic rings. The Labute approximate surface area is 80.6 Å². The minimum absolute atomic E-state index is 0.0582. The van der Waals surface area contributed by atoms with Crippen LogP contribution in [0.25, 0.3) is 0 Å². The average molecular weight is 184 g/mol. The van der Waals surface area contributed by atoms with Gasteiger partial charge in [0.15, 0.2) is 5.79 Å². The topological polar surface area (TPSA) is 18.5 Å². The van der Waals surface area contributed by atoms with Gasteiger partial charge in [-0.05, 0) is 25.7 Å². The van der Waals surface area contributed by atoms with Crippen LogP contribution in [0, 0.1) is 5.41 Å². The van der Waals surface area contributed by atoms with Crippen LogP contribution in [0.1, 0.15) is 47.0 Å². The molecule has 0 radical (unpaired) electrons. The third kappa shape index (κ3) is 1.31. The molecule has 2 heteroatoms. The Hall–Kier alpha value is -0.0800. The molecule has 2 rings (SSSR count). The predicted molar refractivity (Wildman–Crippen MR) is 51.5 cm³/mol. The van der Waals surface area contributed by atoms with Crippen LogP contribution in [0.3, 0.4) is 0 Å². The summed E-state index contributed by atoms with van der Waals surface area (Å²) in [4.78, 5) is 0. The van der Waals surface area contributed by atoms with E-state index in [1.807, 2.05) is 0 Å². The standard InChI is InChI=1S/C11H20O2/c1-9(2)8-11(6-5-7-12-11)13-10(9,3)4/h5-8H2,1-4H3. The first-order valence-corrected chi connectivity index (χ1v) is 5.21.